The number of hydrogen-bond donors (Lipinski definition) is 3. The second-order valence-corrected chi connectivity index (χ2v) is 6.87. The second kappa shape index (κ2) is 9.66. The van der Waals surface area contributed by atoms with Gasteiger partial charge in [0.15, 0.2) is 0 Å². The Morgan fingerprint density at radius 1 is 1.12 bits per heavy atom. The lowest BCUT2D eigenvalue weighted by molar-refractivity contribution is -0.128. The molecule has 0 saturated carbocycles. The van der Waals surface area contributed by atoms with E-state index >= 15 is 0 Å². The summed E-state index contributed by atoms with van der Waals surface area (Å²) in [5.41, 5.74) is 1.34. The molecule has 2 saturated heterocycles. The summed E-state index contributed by atoms with van der Waals surface area (Å²) in [4.78, 5) is 26.7. The minimum atomic E-state index is -0.481. The Hall–Kier alpha value is -1.96. The number of rotatable bonds is 5. The molecule has 2 aliphatic heterocycles. The molecule has 7 nitrogen and oxygen atoms in total. The highest BCUT2D eigenvalue weighted by Crippen LogP contribution is 2.16. The highest BCUT2D eigenvalue weighted by molar-refractivity contribution is 5.96. The molecule has 2 aliphatic rings. The number of hydrogen-bond acceptors (Lipinski definition) is 5. The van der Waals surface area contributed by atoms with E-state index in [0.717, 1.165) is 32.5 Å². The maximum absolute atomic E-state index is 12.3. The maximum atomic E-state index is 12.3. The normalized spacial score (nSPS) is 21.6. The highest BCUT2D eigenvalue weighted by Gasteiger charge is 2.21. The van der Waals surface area contributed by atoms with Gasteiger partial charge in [0.2, 0.25) is 5.91 Å². The van der Waals surface area contributed by atoms with E-state index in [1.165, 1.54) is 12.8 Å². The van der Waals surface area contributed by atoms with E-state index in [2.05, 4.69) is 20.9 Å². The topological polar surface area (TPSA) is 82.7 Å². The predicted octanol–water partition coefficient (Wildman–Crippen LogP) is 1.43. The molecular formula is C19H28N4O3. The fraction of sp³-hybridized carbons (Fsp3) is 0.579. The zero-order chi connectivity index (χ0) is 18.2. The van der Waals surface area contributed by atoms with E-state index in [4.69, 9.17) is 4.74 Å². The quantitative estimate of drug-likeness (QED) is 0.740. The summed E-state index contributed by atoms with van der Waals surface area (Å²) in [5.74, 6) is -0.194. The third-order valence-electron chi connectivity index (χ3n) is 4.70. The van der Waals surface area contributed by atoms with Crippen molar-refractivity contribution >= 4 is 23.2 Å². The van der Waals surface area contributed by atoms with E-state index in [-0.39, 0.29) is 11.8 Å². The molecule has 1 aromatic carbocycles. The molecule has 0 spiro atoms. The number of likely N-dealkylation sites (tertiary alicyclic amines) is 1. The summed E-state index contributed by atoms with van der Waals surface area (Å²) in [5, 5.41) is 8.91. The van der Waals surface area contributed by atoms with Crippen molar-refractivity contribution in [3.8, 4) is 0 Å². The van der Waals surface area contributed by atoms with Gasteiger partial charge in [0.05, 0.1) is 13.2 Å². The number of anilines is 2. The molecule has 1 unspecified atom stereocenters. The molecule has 2 heterocycles. The molecule has 26 heavy (non-hydrogen) atoms. The SMILES string of the molecule is O=C(CN1CCCCCC1)Nc1cccc(NC(=O)C2CNCCO2)c1. The van der Waals surface area contributed by atoms with Gasteiger partial charge in [0, 0.05) is 24.5 Å². The zero-order valence-electron chi connectivity index (χ0n) is 15.1. The van der Waals surface area contributed by atoms with Crippen LogP contribution in [-0.2, 0) is 14.3 Å². The molecule has 142 valence electrons. The van der Waals surface area contributed by atoms with Crippen molar-refractivity contribution in [3.05, 3.63) is 24.3 Å². The Balaban J connectivity index is 1.51. The Morgan fingerprint density at radius 2 is 1.85 bits per heavy atom. The average molecular weight is 360 g/mol. The molecule has 2 amide bonds. The number of morpholine rings is 1. The van der Waals surface area contributed by atoms with Crippen LogP contribution in [0.2, 0.25) is 0 Å². The van der Waals surface area contributed by atoms with Crippen molar-refractivity contribution < 1.29 is 14.3 Å². The van der Waals surface area contributed by atoms with E-state index in [9.17, 15) is 9.59 Å². The summed E-state index contributed by atoms with van der Waals surface area (Å²) in [6.45, 7) is 4.20. The molecule has 0 bridgehead atoms. The molecule has 7 heteroatoms. The number of nitrogens with one attached hydrogen (secondary N) is 3. The van der Waals surface area contributed by atoms with Crippen LogP contribution in [-0.4, -0.2) is 62.1 Å². The zero-order valence-corrected chi connectivity index (χ0v) is 15.1. The first-order valence-electron chi connectivity index (χ1n) is 9.46. The molecule has 2 fully saturated rings. The minimum Gasteiger partial charge on any atom is -0.366 e. The Labute approximate surface area is 154 Å². The van der Waals surface area contributed by atoms with Gasteiger partial charge in [0.25, 0.3) is 5.91 Å². The number of ether oxygens (including phenoxy) is 1. The summed E-state index contributed by atoms with van der Waals surface area (Å²) in [6.07, 6.45) is 4.34. The lowest BCUT2D eigenvalue weighted by Crippen LogP contribution is -2.45. The fourth-order valence-corrected chi connectivity index (χ4v) is 3.33. The van der Waals surface area contributed by atoms with E-state index in [0.29, 0.717) is 31.1 Å². The van der Waals surface area contributed by atoms with Crippen molar-refractivity contribution in [2.75, 3.05) is 50.0 Å². The van der Waals surface area contributed by atoms with Crippen LogP contribution < -0.4 is 16.0 Å². The van der Waals surface area contributed by atoms with Crippen molar-refractivity contribution in [2.24, 2.45) is 0 Å². The van der Waals surface area contributed by atoms with E-state index in [1.807, 2.05) is 12.1 Å². The Bertz CT molecular complexity index is 609. The van der Waals surface area contributed by atoms with Gasteiger partial charge in [-0.05, 0) is 44.1 Å². The standard InChI is InChI=1S/C19H28N4O3/c24-18(14-23-9-3-1-2-4-10-23)21-15-6-5-7-16(12-15)22-19(25)17-13-20-8-11-26-17/h5-7,12,17,20H,1-4,8-11,13-14H2,(H,21,24)(H,22,25). The predicted molar refractivity (Wildman–Crippen MR) is 101 cm³/mol. The Morgan fingerprint density at radius 3 is 2.54 bits per heavy atom. The van der Waals surface area contributed by atoms with E-state index < -0.39 is 6.10 Å². The number of benzene rings is 1. The minimum absolute atomic E-state index is 0.0183. The summed E-state index contributed by atoms with van der Waals surface area (Å²) in [6, 6.07) is 7.22. The monoisotopic (exact) mass is 360 g/mol. The summed E-state index contributed by atoms with van der Waals surface area (Å²) >= 11 is 0. The highest BCUT2D eigenvalue weighted by atomic mass is 16.5. The van der Waals surface area contributed by atoms with Crippen molar-refractivity contribution in [2.45, 2.75) is 31.8 Å². The lowest BCUT2D eigenvalue weighted by atomic mass is 10.2. The molecular weight excluding hydrogens is 332 g/mol. The first-order valence-corrected chi connectivity index (χ1v) is 9.46. The van der Waals surface area contributed by atoms with Gasteiger partial charge in [-0.25, -0.2) is 0 Å². The molecule has 0 aromatic heterocycles. The van der Waals surface area contributed by atoms with Crippen molar-refractivity contribution in [3.63, 3.8) is 0 Å². The van der Waals surface area contributed by atoms with Gasteiger partial charge in [-0.15, -0.1) is 0 Å². The third kappa shape index (κ3) is 5.79. The van der Waals surface area contributed by atoms with Crippen LogP contribution in [0.3, 0.4) is 0 Å². The first-order chi connectivity index (χ1) is 12.7. The van der Waals surface area contributed by atoms with Gasteiger partial charge < -0.3 is 20.7 Å². The van der Waals surface area contributed by atoms with Crippen molar-refractivity contribution in [1.82, 2.24) is 10.2 Å². The molecule has 0 aliphatic carbocycles. The lowest BCUT2D eigenvalue weighted by Gasteiger charge is -2.22. The van der Waals surface area contributed by atoms with Crippen LogP contribution in [0.25, 0.3) is 0 Å². The van der Waals surface area contributed by atoms with Gasteiger partial charge >= 0.3 is 0 Å². The van der Waals surface area contributed by atoms with E-state index in [1.54, 1.807) is 12.1 Å². The van der Waals surface area contributed by atoms with Gasteiger partial charge in [-0.2, -0.15) is 0 Å². The maximum Gasteiger partial charge on any atom is 0.254 e. The number of amides is 2. The third-order valence-corrected chi connectivity index (χ3v) is 4.70. The summed E-state index contributed by atoms with van der Waals surface area (Å²) < 4.78 is 5.45. The molecule has 1 atom stereocenters. The van der Waals surface area contributed by atoms with Gasteiger partial charge in [0.1, 0.15) is 6.10 Å². The van der Waals surface area contributed by atoms with Gasteiger partial charge in [-0.3, -0.25) is 14.5 Å². The average Bonchev–Trinajstić information content (AvgIpc) is 2.91. The smallest absolute Gasteiger partial charge is 0.254 e. The molecule has 3 rings (SSSR count). The van der Waals surface area contributed by atoms with Gasteiger partial charge in [-0.1, -0.05) is 18.9 Å². The molecule has 0 radical (unpaired) electrons. The van der Waals surface area contributed by atoms with Crippen LogP contribution in [0.15, 0.2) is 24.3 Å². The number of nitrogens with zero attached hydrogens (tertiary/aromatic N) is 1. The molecule has 3 N–H and O–H groups in total. The Kier molecular flexibility index (Phi) is 6.99. The van der Waals surface area contributed by atoms with Crippen LogP contribution in [0.4, 0.5) is 11.4 Å². The largest absolute Gasteiger partial charge is 0.366 e. The fourth-order valence-electron chi connectivity index (χ4n) is 3.33. The van der Waals surface area contributed by atoms with Crippen LogP contribution in [0.5, 0.6) is 0 Å². The number of carbonyl (C=O) groups excluding carboxylic acids is 2. The van der Waals surface area contributed by atoms with Crippen LogP contribution in [0.1, 0.15) is 25.7 Å². The molecule has 1 aromatic rings. The van der Waals surface area contributed by atoms with Crippen molar-refractivity contribution in [1.29, 1.82) is 0 Å². The second-order valence-electron chi connectivity index (χ2n) is 6.87. The first kappa shape index (κ1) is 18.8. The summed E-state index contributed by atoms with van der Waals surface area (Å²) in [7, 11) is 0. The van der Waals surface area contributed by atoms with Crippen LogP contribution in [0, 0.1) is 0 Å². The number of carbonyl (C=O) groups is 2. The van der Waals surface area contributed by atoms with Crippen LogP contribution >= 0.6 is 0 Å².